The van der Waals surface area contributed by atoms with Gasteiger partial charge in [0.2, 0.25) is 5.91 Å². The van der Waals surface area contributed by atoms with Gasteiger partial charge in [-0.05, 0) is 12.2 Å². The average Bonchev–Trinajstić information content (AvgIpc) is 2.88. The van der Waals surface area contributed by atoms with E-state index in [1.165, 1.54) is 16.7 Å². The molecule has 0 aromatic rings. The molecule has 2 heterocycles. The third-order valence-electron chi connectivity index (χ3n) is 2.73. The number of amides is 1. The minimum Gasteiger partial charge on any atom is -0.480 e. The molecule has 1 amide bonds. The maximum Gasteiger partial charge on any atom is 0.327 e. The molecule has 2 atom stereocenters. The summed E-state index contributed by atoms with van der Waals surface area (Å²) < 4.78 is 0. The zero-order valence-corrected chi connectivity index (χ0v) is 9.85. The Hall–Kier alpha value is -0.360. The standard InChI is InChI=1S/C9H13NO3S2/c11-8(6-1-2-14-3-6)10-5-15-4-7(10)9(12)13/h6-7H,1-5H2,(H,12,13). The molecule has 2 fully saturated rings. The van der Waals surface area contributed by atoms with Crippen LogP contribution in [-0.4, -0.2) is 51.1 Å². The number of carbonyl (C=O) groups excluding carboxylic acids is 1. The Kier molecular flexibility index (Phi) is 3.45. The van der Waals surface area contributed by atoms with Crippen LogP contribution in [0.5, 0.6) is 0 Å². The zero-order valence-electron chi connectivity index (χ0n) is 8.22. The summed E-state index contributed by atoms with van der Waals surface area (Å²) in [6.07, 6.45) is 0.900. The SMILES string of the molecule is O=C(O)C1CSCN1C(=O)C1CCSC1. The second-order valence-electron chi connectivity index (χ2n) is 3.72. The first kappa shape index (κ1) is 11.1. The lowest BCUT2D eigenvalue weighted by Gasteiger charge is -2.23. The molecule has 1 N–H and O–H groups in total. The first-order valence-electron chi connectivity index (χ1n) is 4.89. The molecular weight excluding hydrogens is 234 g/mol. The van der Waals surface area contributed by atoms with Crippen molar-refractivity contribution in [1.82, 2.24) is 4.90 Å². The molecule has 84 valence electrons. The first-order valence-corrected chi connectivity index (χ1v) is 7.20. The highest BCUT2D eigenvalue weighted by molar-refractivity contribution is 7.99. The number of aliphatic carboxylic acids is 1. The molecule has 0 saturated carbocycles. The third kappa shape index (κ3) is 2.25. The van der Waals surface area contributed by atoms with Gasteiger partial charge >= 0.3 is 5.97 Å². The summed E-state index contributed by atoms with van der Waals surface area (Å²) in [6.45, 7) is 0. The van der Waals surface area contributed by atoms with Crippen molar-refractivity contribution < 1.29 is 14.7 Å². The van der Waals surface area contributed by atoms with Crippen molar-refractivity contribution in [2.45, 2.75) is 12.5 Å². The Bertz CT molecular complexity index is 279. The van der Waals surface area contributed by atoms with E-state index in [1.807, 2.05) is 0 Å². The lowest BCUT2D eigenvalue weighted by atomic mass is 10.1. The number of carboxylic acids is 1. The van der Waals surface area contributed by atoms with E-state index >= 15 is 0 Å². The van der Waals surface area contributed by atoms with Gasteiger partial charge in [-0.2, -0.15) is 11.8 Å². The van der Waals surface area contributed by atoms with Crippen molar-refractivity contribution in [3.05, 3.63) is 0 Å². The summed E-state index contributed by atoms with van der Waals surface area (Å²) >= 11 is 3.30. The molecule has 0 bridgehead atoms. The van der Waals surface area contributed by atoms with E-state index in [0.717, 1.165) is 17.9 Å². The van der Waals surface area contributed by atoms with Crippen molar-refractivity contribution in [2.75, 3.05) is 23.1 Å². The van der Waals surface area contributed by atoms with Gasteiger partial charge in [0.1, 0.15) is 6.04 Å². The van der Waals surface area contributed by atoms with Crippen LogP contribution < -0.4 is 0 Å². The van der Waals surface area contributed by atoms with Crippen LogP contribution in [0.2, 0.25) is 0 Å². The van der Waals surface area contributed by atoms with Gasteiger partial charge in [0.25, 0.3) is 0 Å². The van der Waals surface area contributed by atoms with Crippen molar-refractivity contribution >= 4 is 35.4 Å². The molecule has 2 unspecified atom stereocenters. The molecule has 2 rings (SSSR count). The van der Waals surface area contributed by atoms with Crippen molar-refractivity contribution in [3.63, 3.8) is 0 Å². The summed E-state index contributed by atoms with van der Waals surface area (Å²) in [5, 5.41) is 8.96. The highest BCUT2D eigenvalue weighted by Crippen LogP contribution is 2.29. The minimum absolute atomic E-state index is 0.0393. The highest BCUT2D eigenvalue weighted by atomic mass is 32.2. The fraction of sp³-hybridized carbons (Fsp3) is 0.778. The van der Waals surface area contributed by atoms with Gasteiger partial charge < -0.3 is 10.0 Å². The minimum atomic E-state index is -0.876. The molecule has 0 aromatic heterocycles. The molecule has 2 saturated heterocycles. The van der Waals surface area contributed by atoms with Gasteiger partial charge in [-0.1, -0.05) is 0 Å². The number of hydrogen-bond acceptors (Lipinski definition) is 4. The number of carbonyl (C=O) groups is 2. The first-order chi connectivity index (χ1) is 7.20. The lowest BCUT2D eigenvalue weighted by molar-refractivity contribution is -0.149. The van der Waals surface area contributed by atoms with Gasteiger partial charge in [-0.3, -0.25) is 4.79 Å². The van der Waals surface area contributed by atoms with Crippen LogP contribution in [0.4, 0.5) is 0 Å². The Morgan fingerprint density at radius 2 is 2.07 bits per heavy atom. The fourth-order valence-electron chi connectivity index (χ4n) is 1.83. The van der Waals surface area contributed by atoms with Crippen molar-refractivity contribution in [2.24, 2.45) is 5.92 Å². The molecule has 2 aliphatic heterocycles. The van der Waals surface area contributed by atoms with Crippen LogP contribution in [0.25, 0.3) is 0 Å². The Labute approximate surface area is 96.8 Å². The molecule has 6 heteroatoms. The normalized spacial score (nSPS) is 30.8. The second-order valence-corrected chi connectivity index (χ2v) is 5.87. The maximum absolute atomic E-state index is 12.0. The predicted molar refractivity (Wildman–Crippen MR) is 61.0 cm³/mol. The van der Waals surface area contributed by atoms with E-state index in [9.17, 15) is 9.59 Å². The van der Waals surface area contributed by atoms with E-state index < -0.39 is 12.0 Å². The van der Waals surface area contributed by atoms with Crippen LogP contribution in [0.1, 0.15) is 6.42 Å². The summed E-state index contributed by atoms with van der Waals surface area (Å²) in [5.74, 6) is 2.16. The van der Waals surface area contributed by atoms with Gasteiger partial charge in [0.05, 0.1) is 5.88 Å². The number of hydrogen-bond donors (Lipinski definition) is 1. The zero-order chi connectivity index (χ0) is 10.8. The quantitative estimate of drug-likeness (QED) is 0.779. The van der Waals surface area contributed by atoms with E-state index in [4.69, 9.17) is 5.11 Å². The summed E-state index contributed by atoms with van der Waals surface area (Å²) in [5.41, 5.74) is 0. The molecule has 0 spiro atoms. The third-order valence-corrected chi connectivity index (χ3v) is 4.90. The van der Waals surface area contributed by atoms with Gasteiger partial charge in [-0.15, -0.1) is 11.8 Å². The van der Waals surface area contributed by atoms with E-state index in [-0.39, 0.29) is 11.8 Å². The monoisotopic (exact) mass is 247 g/mol. The van der Waals surface area contributed by atoms with Crippen molar-refractivity contribution in [1.29, 1.82) is 0 Å². The molecule has 0 aliphatic carbocycles. The van der Waals surface area contributed by atoms with Crippen molar-refractivity contribution in [3.8, 4) is 0 Å². The highest BCUT2D eigenvalue weighted by Gasteiger charge is 2.38. The van der Waals surface area contributed by atoms with Gasteiger partial charge in [0, 0.05) is 17.4 Å². The molecule has 4 nitrogen and oxygen atoms in total. The number of rotatable bonds is 2. The van der Waals surface area contributed by atoms with Gasteiger partial charge in [-0.25, -0.2) is 4.79 Å². The molecule has 2 aliphatic rings. The molecule has 0 radical (unpaired) electrons. The van der Waals surface area contributed by atoms with E-state index in [2.05, 4.69) is 0 Å². The summed E-state index contributed by atoms with van der Waals surface area (Å²) in [6, 6.07) is -0.604. The predicted octanol–water partition coefficient (Wildman–Crippen LogP) is 0.726. The number of nitrogens with zero attached hydrogens (tertiary/aromatic N) is 1. The number of carboxylic acid groups (broad SMARTS) is 1. The second kappa shape index (κ2) is 4.65. The Morgan fingerprint density at radius 1 is 1.27 bits per heavy atom. The molecule has 15 heavy (non-hydrogen) atoms. The van der Waals surface area contributed by atoms with Crippen LogP contribution in [0.3, 0.4) is 0 Å². The largest absolute Gasteiger partial charge is 0.480 e. The molecular formula is C9H13NO3S2. The smallest absolute Gasteiger partial charge is 0.327 e. The summed E-state index contributed by atoms with van der Waals surface area (Å²) in [4.78, 5) is 24.4. The topological polar surface area (TPSA) is 57.6 Å². The molecule has 0 aromatic carbocycles. The van der Waals surface area contributed by atoms with Gasteiger partial charge in [0.15, 0.2) is 0 Å². The average molecular weight is 247 g/mol. The fourth-order valence-corrected chi connectivity index (χ4v) is 4.19. The van der Waals surface area contributed by atoms with E-state index in [1.54, 1.807) is 11.8 Å². The Morgan fingerprint density at radius 3 is 2.67 bits per heavy atom. The lowest BCUT2D eigenvalue weighted by Crippen LogP contribution is -2.44. The number of thioether (sulfide) groups is 2. The van der Waals surface area contributed by atoms with Crippen LogP contribution in [0.15, 0.2) is 0 Å². The summed E-state index contributed by atoms with van der Waals surface area (Å²) in [7, 11) is 0. The Balaban J connectivity index is 2.02. The van der Waals surface area contributed by atoms with Crippen LogP contribution in [0, 0.1) is 5.92 Å². The maximum atomic E-state index is 12.0. The van der Waals surface area contributed by atoms with Crippen LogP contribution >= 0.6 is 23.5 Å². The van der Waals surface area contributed by atoms with Crippen LogP contribution in [-0.2, 0) is 9.59 Å². The van der Waals surface area contributed by atoms with E-state index in [0.29, 0.717) is 11.6 Å².